The maximum atomic E-state index is 13.3. The highest BCUT2D eigenvalue weighted by Gasteiger charge is 2.50. The van der Waals surface area contributed by atoms with Gasteiger partial charge in [0.15, 0.2) is 0 Å². The number of nitrogens with zero attached hydrogens (tertiary/aromatic N) is 1. The van der Waals surface area contributed by atoms with Crippen molar-refractivity contribution in [2.45, 2.75) is 75.4 Å². The molecule has 158 valence electrons. The van der Waals surface area contributed by atoms with E-state index in [1.807, 2.05) is 0 Å². The lowest BCUT2D eigenvalue weighted by molar-refractivity contribution is -0.142. The second-order valence-electron chi connectivity index (χ2n) is 9.15. The molecule has 7 nitrogen and oxygen atoms in total. The van der Waals surface area contributed by atoms with E-state index < -0.39 is 17.6 Å². The van der Waals surface area contributed by atoms with E-state index in [2.05, 4.69) is 21.9 Å². The quantitative estimate of drug-likeness (QED) is 0.544. The molecule has 1 spiro atoms. The second-order valence-corrected chi connectivity index (χ2v) is 9.15. The van der Waals surface area contributed by atoms with E-state index >= 15 is 0 Å². The van der Waals surface area contributed by atoms with E-state index in [0.717, 1.165) is 51.5 Å². The Labute approximate surface area is 172 Å². The van der Waals surface area contributed by atoms with Crippen LogP contribution in [-0.4, -0.2) is 59.9 Å². The average Bonchev–Trinajstić information content (AvgIpc) is 3.40. The van der Waals surface area contributed by atoms with Crippen molar-refractivity contribution in [2.24, 2.45) is 11.8 Å². The van der Waals surface area contributed by atoms with E-state index in [1.165, 1.54) is 0 Å². The lowest BCUT2D eigenvalue weighted by Crippen LogP contribution is -2.57. The molecule has 7 heteroatoms. The highest BCUT2D eigenvalue weighted by Crippen LogP contribution is 2.38. The molecule has 3 aliphatic heterocycles. The van der Waals surface area contributed by atoms with E-state index in [1.54, 1.807) is 4.90 Å². The molecule has 3 heterocycles. The third kappa shape index (κ3) is 4.28. The molecule has 0 aromatic carbocycles. The minimum absolute atomic E-state index is 0.00839. The summed E-state index contributed by atoms with van der Waals surface area (Å²) in [6, 6.07) is -0.955. The van der Waals surface area contributed by atoms with Crippen molar-refractivity contribution in [3.8, 4) is 12.3 Å². The summed E-state index contributed by atoms with van der Waals surface area (Å²) in [4.78, 5) is 40.2. The summed E-state index contributed by atoms with van der Waals surface area (Å²) in [7, 11) is 0. The van der Waals surface area contributed by atoms with E-state index in [0.29, 0.717) is 31.8 Å². The number of rotatable bonds is 7. The van der Waals surface area contributed by atoms with Gasteiger partial charge in [-0.3, -0.25) is 14.4 Å². The smallest absolute Gasteiger partial charge is 0.243 e. The van der Waals surface area contributed by atoms with Gasteiger partial charge in [0, 0.05) is 19.0 Å². The van der Waals surface area contributed by atoms with E-state index in [-0.39, 0.29) is 23.6 Å². The van der Waals surface area contributed by atoms with Crippen LogP contribution in [-0.2, 0) is 14.4 Å². The Balaban J connectivity index is 1.43. The SMILES string of the molecule is C#C[C@H](C[C@@H]1CCNC1=O)NC(=O)[C@H](CC1CC1)N1CCC2(CCCCN2)C1=O. The molecule has 29 heavy (non-hydrogen) atoms. The number of hydrogen-bond acceptors (Lipinski definition) is 4. The van der Waals surface area contributed by atoms with Crippen LogP contribution in [0.2, 0.25) is 0 Å². The molecule has 4 rings (SSSR count). The highest BCUT2D eigenvalue weighted by atomic mass is 16.2. The zero-order chi connectivity index (χ0) is 20.4. The van der Waals surface area contributed by atoms with Crippen molar-refractivity contribution in [3.05, 3.63) is 0 Å². The number of likely N-dealkylation sites (tertiary alicyclic amines) is 1. The largest absolute Gasteiger partial charge is 0.356 e. The van der Waals surface area contributed by atoms with Crippen LogP contribution in [0.3, 0.4) is 0 Å². The van der Waals surface area contributed by atoms with Crippen LogP contribution in [0.15, 0.2) is 0 Å². The van der Waals surface area contributed by atoms with Crippen molar-refractivity contribution in [2.75, 3.05) is 19.6 Å². The molecule has 0 aromatic heterocycles. The minimum Gasteiger partial charge on any atom is -0.356 e. The molecular formula is C22H32N4O3. The predicted octanol–water partition coefficient (Wildman–Crippen LogP) is 0.544. The first-order chi connectivity index (χ1) is 14.0. The fourth-order valence-corrected chi connectivity index (χ4v) is 5.09. The summed E-state index contributed by atoms with van der Waals surface area (Å²) in [6.07, 6.45) is 13.6. The summed E-state index contributed by atoms with van der Waals surface area (Å²) < 4.78 is 0. The number of piperidine rings is 1. The van der Waals surface area contributed by atoms with Crippen molar-refractivity contribution < 1.29 is 14.4 Å². The Morgan fingerprint density at radius 1 is 1.21 bits per heavy atom. The first-order valence-corrected chi connectivity index (χ1v) is 11.1. The summed E-state index contributed by atoms with van der Waals surface area (Å²) in [5.41, 5.74) is -0.478. The fraction of sp³-hybridized carbons (Fsp3) is 0.773. The zero-order valence-electron chi connectivity index (χ0n) is 17.0. The molecule has 0 aromatic rings. The Morgan fingerprint density at radius 3 is 2.66 bits per heavy atom. The first-order valence-electron chi connectivity index (χ1n) is 11.1. The van der Waals surface area contributed by atoms with Crippen molar-refractivity contribution >= 4 is 17.7 Å². The number of hydrogen-bond donors (Lipinski definition) is 3. The lowest BCUT2D eigenvalue weighted by Gasteiger charge is -2.35. The first kappa shape index (κ1) is 20.2. The van der Waals surface area contributed by atoms with E-state index in [4.69, 9.17) is 6.42 Å². The van der Waals surface area contributed by atoms with E-state index in [9.17, 15) is 14.4 Å². The Morgan fingerprint density at radius 2 is 2.03 bits per heavy atom. The van der Waals surface area contributed by atoms with Crippen LogP contribution in [0.4, 0.5) is 0 Å². The number of carbonyl (C=O) groups is 3. The molecule has 3 saturated heterocycles. The lowest BCUT2D eigenvalue weighted by atomic mass is 9.87. The Bertz CT molecular complexity index is 705. The van der Waals surface area contributed by atoms with Gasteiger partial charge in [-0.05, 0) is 57.4 Å². The standard InChI is InChI=1S/C22H32N4O3/c1-2-17(14-16-7-11-23-19(16)27)25-20(28)18(13-15-5-6-15)26-12-9-22(21(26)29)8-3-4-10-24-22/h1,15-18,24H,3-14H2,(H,23,27)(H,25,28)/t16-,17+,18-,22?/m0/s1. The molecule has 3 amide bonds. The minimum atomic E-state index is -0.488. The zero-order valence-corrected chi connectivity index (χ0v) is 17.0. The molecule has 4 atom stereocenters. The van der Waals surface area contributed by atoms with Gasteiger partial charge in [-0.1, -0.05) is 18.8 Å². The molecule has 1 aliphatic carbocycles. The van der Waals surface area contributed by atoms with Gasteiger partial charge in [0.05, 0.1) is 11.6 Å². The molecule has 0 bridgehead atoms. The number of terminal acetylenes is 1. The van der Waals surface area contributed by atoms with Crippen LogP contribution in [0, 0.1) is 24.2 Å². The summed E-state index contributed by atoms with van der Waals surface area (Å²) in [5, 5.41) is 9.22. The predicted molar refractivity (Wildman–Crippen MR) is 109 cm³/mol. The van der Waals surface area contributed by atoms with Crippen LogP contribution in [0.25, 0.3) is 0 Å². The van der Waals surface area contributed by atoms with Gasteiger partial charge in [0.2, 0.25) is 17.7 Å². The third-order valence-electron chi connectivity index (χ3n) is 7.08. The van der Waals surface area contributed by atoms with Gasteiger partial charge in [-0.15, -0.1) is 6.42 Å². The third-order valence-corrected chi connectivity index (χ3v) is 7.08. The second kappa shape index (κ2) is 8.35. The van der Waals surface area contributed by atoms with Crippen LogP contribution >= 0.6 is 0 Å². The average molecular weight is 401 g/mol. The summed E-state index contributed by atoms with van der Waals surface area (Å²) in [6.45, 7) is 2.14. The maximum absolute atomic E-state index is 13.3. The van der Waals surface area contributed by atoms with Crippen molar-refractivity contribution in [1.29, 1.82) is 0 Å². The van der Waals surface area contributed by atoms with Crippen LogP contribution in [0.5, 0.6) is 0 Å². The van der Waals surface area contributed by atoms with Gasteiger partial charge in [0.1, 0.15) is 6.04 Å². The Kier molecular flexibility index (Phi) is 5.82. The van der Waals surface area contributed by atoms with Gasteiger partial charge in [-0.2, -0.15) is 0 Å². The normalized spacial score (nSPS) is 31.4. The monoisotopic (exact) mass is 400 g/mol. The van der Waals surface area contributed by atoms with Crippen molar-refractivity contribution in [1.82, 2.24) is 20.9 Å². The molecule has 0 radical (unpaired) electrons. The molecule has 1 unspecified atom stereocenters. The molecule has 1 saturated carbocycles. The highest BCUT2D eigenvalue weighted by molar-refractivity contribution is 5.94. The summed E-state index contributed by atoms with van der Waals surface area (Å²) >= 11 is 0. The van der Waals surface area contributed by atoms with Crippen LogP contribution in [0.1, 0.15) is 57.8 Å². The summed E-state index contributed by atoms with van der Waals surface area (Å²) in [5.74, 6) is 2.91. The van der Waals surface area contributed by atoms with Gasteiger partial charge in [-0.25, -0.2) is 0 Å². The number of carbonyl (C=O) groups excluding carboxylic acids is 3. The molecule has 3 N–H and O–H groups in total. The topological polar surface area (TPSA) is 90.5 Å². The van der Waals surface area contributed by atoms with Gasteiger partial charge >= 0.3 is 0 Å². The molecule has 4 aliphatic rings. The molecular weight excluding hydrogens is 368 g/mol. The maximum Gasteiger partial charge on any atom is 0.243 e. The Hall–Kier alpha value is -2.07. The van der Waals surface area contributed by atoms with Gasteiger partial charge in [0.25, 0.3) is 0 Å². The molecule has 4 fully saturated rings. The number of amides is 3. The van der Waals surface area contributed by atoms with Gasteiger partial charge < -0.3 is 20.9 Å². The van der Waals surface area contributed by atoms with Crippen LogP contribution < -0.4 is 16.0 Å². The number of nitrogens with one attached hydrogen (secondary N) is 3. The fourth-order valence-electron chi connectivity index (χ4n) is 5.09. The van der Waals surface area contributed by atoms with Crippen molar-refractivity contribution in [3.63, 3.8) is 0 Å².